The number of nitrogens with zero attached hydrogens (tertiary/aromatic N) is 2. The summed E-state index contributed by atoms with van der Waals surface area (Å²) in [5.74, 6) is 0.385. The van der Waals surface area contributed by atoms with Gasteiger partial charge in [0.25, 0.3) is 5.69 Å². The second-order valence-corrected chi connectivity index (χ2v) is 6.34. The first-order valence-corrected chi connectivity index (χ1v) is 7.39. The van der Waals surface area contributed by atoms with Gasteiger partial charge in [0.2, 0.25) is 0 Å². The second kappa shape index (κ2) is 7.92. The Balaban J connectivity index is 0.00000144. The summed E-state index contributed by atoms with van der Waals surface area (Å²) in [6.07, 6.45) is 4.62. The van der Waals surface area contributed by atoms with Gasteiger partial charge in [0, 0.05) is 42.0 Å². The predicted octanol–water partition coefficient (Wildman–Crippen LogP) is 4.43. The third kappa shape index (κ3) is 4.04. The molecule has 1 N–H and O–H groups in total. The van der Waals surface area contributed by atoms with Crippen LogP contribution < -0.4 is 5.32 Å². The van der Waals surface area contributed by atoms with Crippen LogP contribution in [0.15, 0.2) is 48.8 Å². The zero-order valence-corrected chi connectivity index (χ0v) is 15.1. The molecule has 0 radical (unpaired) electrons. The number of hydrogen-bond donors (Lipinski definition) is 1. The maximum absolute atomic E-state index is 10.8. The molecule has 0 spiro atoms. The summed E-state index contributed by atoms with van der Waals surface area (Å²) in [4.78, 5) is 14.5. The molecule has 2 aromatic rings. The van der Waals surface area contributed by atoms with Gasteiger partial charge in [-0.1, -0.05) is 12.1 Å². The Morgan fingerprint density at radius 3 is 2.21 bits per heavy atom. The van der Waals surface area contributed by atoms with E-state index in [-0.39, 0.29) is 47.0 Å². The van der Waals surface area contributed by atoms with Gasteiger partial charge in [0.15, 0.2) is 0 Å². The molecule has 1 saturated heterocycles. The number of nitro benzene ring substituents is 1. The lowest BCUT2D eigenvalue weighted by molar-refractivity contribution is -0.384. The molecule has 1 aromatic carbocycles. The average Bonchev–Trinajstić information content (AvgIpc) is 2.84. The molecule has 1 aliphatic rings. The number of halogens is 2. The fraction of sp³-hybridized carbons (Fsp3) is 0.353. The molecule has 1 aromatic heterocycles. The standard InChI is InChI=1S/C17H19N3O2.2ClH/c1-17(2)15(12-7-9-18-10-8-12)11-16(19-17)13-3-5-14(6-4-13)20(21)22;;/h3-10,15-16,19H,11H2,1-2H3;2*1H. The van der Waals surface area contributed by atoms with Gasteiger partial charge in [-0.25, -0.2) is 0 Å². The van der Waals surface area contributed by atoms with Crippen LogP contribution in [0.25, 0.3) is 0 Å². The van der Waals surface area contributed by atoms with Crippen LogP contribution in [-0.2, 0) is 0 Å². The first-order chi connectivity index (χ1) is 10.5. The Hall–Kier alpha value is -1.69. The highest BCUT2D eigenvalue weighted by atomic mass is 35.5. The Morgan fingerprint density at radius 2 is 1.67 bits per heavy atom. The molecule has 3 rings (SSSR count). The Labute approximate surface area is 153 Å². The smallest absolute Gasteiger partial charge is 0.269 e. The third-order valence-corrected chi connectivity index (χ3v) is 4.50. The van der Waals surface area contributed by atoms with Crippen LogP contribution in [0, 0.1) is 10.1 Å². The van der Waals surface area contributed by atoms with Gasteiger partial charge >= 0.3 is 0 Å². The molecule has 2 atom stereocenters. The fourth-order valence-electron chi connectivity index (χ4n) is 3.34. The van der Waals surface area contributed by atoms with E-state index in [2.05, 4.69) is 36.3 Å². The van der Waals surface area contributed by atoms with E-state index in [1.807, 2.05) is 24.5 Å². The lowest BCUT2D eigenvalue weighted by atomic mass is 9.83. The molecule has 7 heteroatoms. The van der Waals surface area contributed by atoms with Gasteiger partial charge in [-0.05, 0) is 43.5 Å². The fourth-order valence-corrected chi connectivity index (χ4v) is 3.34. The molecule has 24 heavy (non-hydrogen) atoms. The van der Waals surface area contributed by atoms with Crippen LogP contribution in [0.4, 0.5) is 5.69 Å². The van der Waals surface area contributed by atoms with Crippen LogP contribution in [0.3, 0.4) is 0 Å². The summed E-state index contributed by atoms with van der Waals surface area (Å²) >= 11 is 0. The van der Waals surface area contributed by atoms with Crippen molar-refractivity contribution in [1.82, 2.24) is 10.3 Å². The van der Waals surface area contributed by atoms with E-state index in [9.17, 15) is 10.1 Å². The van der Waals surface area contributed by atoms with E-state index >= 15 is 0 Å². The minimum Gasteiger partial charge on any atom is -0.304 e. The SMILES string of the molecule is CC1(C)NC(c2ccc([N+](=O)[O-])cc2)CC1c1ccncc1.Cl.Cl. The molecule has 0 bridgehead atoms. The van der Waals surface area contributed by atoms with Crippen molar-refractivity contribution in [2.75, 3.05) is 0 Å². The monoisotopic (exact) mass is 369 g/mol. The van der Waals surface area contributed by atoms with Crippen molar-refractivity contribution in [2.45, 2.75) is 37.8 Å². The van der Waals surface area contributed by atoms with E-state index in [1.165, 1.54) is 5.56 Å². The lowest BCUT2D eigenvalue weighted by Crippen LogP contribution is -2.37. The minimum absolute atomic E-state index is 0. The number of pyridine rings is 1. The van der Waals surface area contributed by atoms with Crippen molar-refractivity contribution < 1.29 is 4.92 Å². The number of benzene rings is 1. The number of aromatic nitrogens is 1. The van der Waals surface area contributed by atoms with Gasteiger partial charge in [0.1, 0.15) is 0 Å². The van der Waals surface area contributed by atoms with E-state index in [1.54, 1.807) is 12.1 Å². The summed E-state index contributed by atoms with van der Waals surface area (Å²) in [5.41, 5.74) is 2.46. The largest absolute Gasteiger partial charge is 0.304 e. The van der Waals surface area contributed by atoms with Crippen molar-refractivity contribution in [3.05, 3.63) is 70.0 Å². The van der Waals surface area contributed by atoms with Crippen LogP contribution in [-0.4, -0.2) is 15.4 Å². The number of non-ortho nitro benzene ring substituents is 1. The summed E-state index contributed by atoms with van der Waals surface area (Å²) in [6.45, 7) is 4.40. The van der Waals surface area contributed by atoms with E-state index in [4.69, 9.17) is 0 Å². The number of nitro groups is 1. The van der Waals surface area contributed by atoms with Gasteiger partial charge in [0.05, 0.1) is 4.92 Å². The summed E-state index contributed by atoms with van der Waals surface area (Å²) in [6, 6.07) is 11.2. The highest BCUT2D eigenvalue weighted by Crippen LogP contribution is 2.43. The molecule has 1 aliphatic heterocycles. The van der Waals surface area contributed by atoms with E-state index < -0.39 is 0 Å². The maximum atomic E-state index is 10.8. The van der Waals surface area contributed by atoms with Crippen molar-refractivity contribution in [3.63, 3.8) is 0 Å². The summed E-state index contributed by atoms with van der Waals surface area (Å²) < 4.78 is 0. The topological polar surface area (TPSA) is 68.1 Å². The quantitative estimate of drug-likeness (QED) is 0.641. The van der Waals surface area contributed by atoms with Gasteiger partial charge in [-0.15, -0.1) is 24.8 Å². The number of rotatable bonds is 3. The normalized spacial score (nSPS) is 21.4. The Kier molecular flexibility index (Phi) is 6.72. The van der Waals surface area contributed by atoms with Crippen LogP contribution >= 0.6 is 24.8 Å². The second-order valence-electron chi connectivity index (χ2n) is 6.34. The first-order valence-electron chi connectivity index (χ1n) is 7.39. The maximum Gasteiger partial charge on any atom is 0.269 e. The molecule has 1 fully saturated rings. The molecule has 2 unspecified atom stereocenters. The lowest BCUT2D eigenvalue weighted by Gasteiger charge is -2.27. The zero-order chi connectivity index (χ0) is 15.7. The van der Waals surface area contributed by atoms with Crippen LogP contribution in [0.1, 0.15) is 43.4 Å². The number of nitrogens with one attached hydrogen (secondary N) is 1. The molecular weight excluding hydrogens is 349 g/mol. The van der Waals surface area contributed by atoms with Crippen molar-refractivity contribution in [1.29, 1.82) is 0 Å². The Bertz CT molecular complexity index is 678. The molecule has 5 nitrogen and oxygen atoms in total. The molecule has 0 amide bonds. The highest BCUT2D eigenvalue weighted by Gasteiger charge is 2.41. The predicted molar refractivity (Wildman–Crippen MR) is 99.1 cm³/mol. The van der Waals surface area contributed by atoms with Gasteiger partial charge in [-0.2, -0.15) is 0 Å². The average molecular weight is 370 g/mol. The minimum atomic E-state index is -0.366. The van der Waals surface area contributed by atoms with E-state index in [0.29, 0.717) is 5.92 Å². The molecule has 130 valence electrons. The molecule has 0 saturated carbocycles. The van der Waals surface area contributed by atoms with Crippen molar-refractivity contribution in [2.24, 2.45) is 0 Å². The molecular formula is C17H21Cl2N3O2. The highest BCUT2D eigenvalue weighted by molar-refractivity contribution is 5.85. The van der Waals surface area contributed by atoms with Gasteiger partial charge in [-0.3, -0.25) is 15.1 Å². The molecule has 0 aliphatic carbocycles. The van der Waals surface area contributed by atoms with Crippen LogP contribution in [0.5, 0.6) is 0 Å². The summed E-state index contributed by atoms with van der Waals surface area (Å²) in [7, 11) is 0. The number of hydrogen-bond acceptors (Lipinski definition) is 4. The van der Waals surface area contributed by atoms with Crippen molar-refractivity contribution in [3.8, 4) is 0 Å². The van der Waals surface area contributed by atoms with Crippen LogP contribution in [0.2, 0.25) is 0 Å². The van der Waals surface area contributed by atoms with E-state index in [0.717, 1.165) is 12.0 Å². The third-order valence-electron chi connectivity index (χ3n) is 4.50. The summed E-state index contributed by atoms with van der Waals surface area (Å²) in [5, 5.41) is 14.4. The van der Waals surface area contributed by atoms with Gasteiger partial charge < -0.3 is 5.32 Å². The zero-order valence-electron chi connectivity index (χ0n) is 13.5. The molecule has 2 heterocycles. The first kappa shape index (κ1) is 20.4. The van der Waals surface area contributed by atoms with Crippen molar-refractivity contribution >= 4 is 30.5 Å². The Morgan fingerprint density at radius 1 is 1.08 bits per heavy atom.